The number of nitrogen functional groups attached to an aromatic ring is 1. The topological polar surface area (TPSA) is 90.2 Å². The molecule has 1 amide bonds. The molecule has 0 saturated heterocycles. The molecular weight excluding hydrogens is 326 g/mol. The molecule has 7 nitrogen and oxygen atoms in total. The van der Waals surface area contributed by atoms with Gasteiger partial charge in [-0.25, -0.2) is 4.68 Å². The van der Waals surface area contributed by atoms with Gasteiger partial charge in [0.15, 0.2) is 5.76 Å². The van der Waals surface area contributed by atoms with Crippen LogP contribution in [0, 0.1) is 0 Å². The molecule has 0 aliphatic carbocycles. The summed E-state index contributed by atoms with van der Waals surface area (Å²) in [4.78, 5) is 13.4. The lowest BCUT2D eigenvalue weighted by molar-refractivity contribution is 0.0827. The van der Waals surface area contributed by atoms with Gasteiger partial charge in [-0.3, -0.25) is 4.79 Å². The van der Waals surface area contributed by atoms with E-state index in [-0.39, 0.29) is 5.91 Å². The summed E-state index contributed by atoms with van der Waals surface area (Å²) in [5.41, 5.74) is 1.73. The summed E-state index contributed by atoms with van der Waals surface area (Å²) in [5, 5.41) is 8.73. The molecule has 0 fully saturated rings. The van der Waals surface area contributed by atoms with Gasteiger partial charge in [-0.15, -0.1) is 10.2 Å². The summed E-state index contributed by atoms with van der Waals surface area (Å²) in [5.74, 6) is 7.73. The van der Waals surface area contributed by atoms with E-state index in [2.05, 4.69) is 10.2 Å². The molecule has 0 unspecified atom stereocenters. The van der Waals surface area contributed by atoms with Crippen molar-refractivity contribution in [1.29, 1.82) is 0 Å². The number of hydrogen-bond donors (Lipinski definition) is 1. The number of benzene rings is 1. The Morgan fingerprint density at radius 1 is 1.25 bits per heavy atom. The van der Waals surface area contributed by atoms with Crippen molar-refractivity contribution in [3.63, 3.8) is 0 Å². The van der Waals surface area contributed by atoms with E-state index in [0.717, 1.165) is 5.56 Å². The van der Waals surface area contributed by atoms with Gasteiger partial charge in [-0.2, -0.15) is 0 Å². The minimum atomic E-state index is -0.0148. The highest BCUT2D eigenvalue weighted by Crippen LogP contribution is 2.24. The van der Waals surface area contributed by atoms with Crippen LogP contribution in [0.5, 0.6) is 0 Å². The van der Waals surface area contributed by atoms with Gasteiger partial charge in [-0.1, -0.05) is 23.9 Å². The SMILES string of the molecule is CN(C)C(=O)c1ccc(CSc2nnc(-c3ccco3)n2N)cc1. The third-order valence-corrected chi connectivity index (χ3v) is 4.40. The monoisotopic (exact) mass is 343 g/mol. The van der Waals surface area contributed by atoms with Crippen LogP contribution in [-0.2, 0) is 5.75 Å². The van der Waals surface area contributed by atoms with E-state index in [9.17, 15) is 4.79 Å². The predicted octanol–water partition coefficient (Wildman–Crippen LogP) is 2.25. The maximum absolute atomic E-state index is 11.9. The number of amides is 1. The Kier molecular flexibility index (Phi) is 4.57. The van der Waals surface area contributed by atoms with Crippen LogP contribution in [0.15, 0.2) is 52.2 Å². The Bertz CT molecular complexity index is 825. The molecule has 0 aliphatic heterocycles. The highest BCUT2D eigenvalue weighted by Gasteiger charge is 2.14. The standard InChI is InChI=1S/C16H17N5O2S/c1-20(2)15(22)12-7-5-11(6-8-12)10-24-16-19-18-14(21(16)17)13-4-3-9-23-13/h3-9H,10,17H2,1-2H3. The predicted molar refractivity (Wildman–Crippen MR) is 91.9 cm³/mol. The lowest BCUT2D eigenvalue weighted by Crippen LogP contribution is -2.21. The Labute approximate surface area is 143 Å². The van der Waals surface area contributed by atoms with Gasteiger partial charge < -0.3 is 15.2 Å². The zero-order valence-electron chi connectivity index (χ0n) is 13.3. The van der Waals surface area contributed by atoms with E-state index < -0.39 is 0 Å². The van der Waals surface area contributed by atoms with Gasteiger partial charge in [0.05, 0.1) is 6.26 Å². The highest BCUT2D eigenvalue weighted by atomic mass is 32.2. The van der Waals surface area contributed by atoms with Crippen molar-refractivity contribution in [1.82, 2.24) is 19.8 Å². The Hall–Kier alpha value is -2.74. The average Bonchev–Trinajstić information content (AvgIpc) is 3.22. The summed E-state index contributed by atoms with van der Waals surface area (Å²) < 4.78 is 6.69. The lowest BCUT2D eigenvalue weighted by Gasteiger charge is -2.10. The zero-order valence-corrected chi connectivity index (χ0v) is 14.2. The first-order chi connectivity index (χ1) is 11.6. The summed E-state index contributed by atoms with van der Waals surface area (Å²) >= 11 is 1.47. The number of thioether (sulfide) groups is 1. The van der Waals surface area contributed by atoms with E-state index in [1.54, 1.807) is 37.4 Å². The van der Waals surface area contributed by atoms with E-state index in [1.165, 1.54) is 16.4 Å². The summed E-state index contributed by atoms with van der Waals surface area (Å²) in [6, 6.07) is 11.0. The zero-order chi connectivity index (χ0) is 17.1. The first-order valence-electron chi connectivity index (χ1n) is 7.24. The number of carbonyl (C=O) groups is 1. The summed E-state index contributed by atoms with van der Waals surface area (Å²) in [6.45, 7) is 0. The quantitative estimate of drug-likeness (QED) is 0.564. The second kappa shape index (κ2) is 6.79. The normalized spacial score (nSPS) is 10.8. The minimum Gasteiger partial charge on any atom is -0.461 e. The van der Waals surface area contributed by atoms with Crippen LogP contribution in [0.2, 0.25) is 0 Å². The molecule has 2 N–H and O–H groups in total. The number of rotatable bonds is 5. The molecule has 124 valence electrons. The number of aromatic nitrogens is 3. The Balaban J connectivity index is 1.67. The molecule has 0 saturated carbocycles. The number of nitrogens with two attached hydrogens (primary N) is 1. The highest BCUT2D eigenvalue weighted by molar-refractivity contribution is 7.98. The average molecular weight is 343 g/mol. The van der Waals surface area contributed by atoms with Crippen molar-refractivity contribution in [2.45, 2.75) is 10.9 Å². The van der Waals surface area contributed by atoms with Crippen LogP contribution in [-0.4, -0.2) is 39.8 Å². The van der Waals surface area contributed by atoms with Crippen LogP contribution in [0.1, 0.15) is 15.9 Å². The first-order valence-corrected chi connectivity index (χ1v) is 8.22. The largest absolute Gasteiger partial charge is 0.461 e. The fraction of sp³-hybridized carbons (Fsp3) is 0.188. The molecule has 2 heterocycles. The molecule has 8 heteroatoms. The van der Waals surface area contributed by atoms with Crippen molar-refractivity contribution in [3.05, 3.63) is 53.8 Å². The van der Waals surface area contributed by atoms with Crippen molar-refractivity contribution in [3.8, 4) is 11.6 Å². The molecule has 1 aromatic carbocycles. The van der Waals surface area contributed by atoms with Gasteiger partial charge in [0.2, 0.25) is 11.0 Å². The van der Waals surface area contributed by atoms with Crippen LogP contribution < -0.4 is 5.84 Å². The molecule has 2 aromatic heterocycles. The number of furan rings is 1. The van der Waals surface area contributed by atoms with Crippen LogP contribution in [0.3, 0.4) is 0 Å². The fourth-order valence-corrected chi connectivity index (χ4v) is 2.91. The van der Waals surface area contributed by atoms with Crippen LogP contribution >= 0.6 is 11.8 Å². The third kappa shape index (κ3) is 3.28. The van der Waals surface area contributed by atoms with Gasteiger partial charge >= 0.3 is 0 Å². The van der Waals surface area contributed by atoms with Crippen molar-refractivity contribution in [2.75, 3.05) is 19.9 Å². The molecule has 0 bridgehead atoms. The van der Waals surface area contributed by atoms with E-state index in [4.69, 9.17) is 10.3 Å². The van der Waals surface area contributed by atoms with Crippen LogP contribution in [0.25, 0.3) is 11.6 Å². The smallest absolute Gasteiger partial charge is 0.253 e. The minimum absolute atomic E-state index is 0.0148. The third-order valence-electron chi connectivity index (χ3n) is 3.38. The van der Waals surface area contributed by atoms with Gasteiger partial charge in [-0.05, 0) is 29.8 Å². The van der Waals surface area contributed by atoms with Crippen molar-refractivity contribution >= 4 is 17.7 Å². The van der Waals surface area contributed by atoms with E-state index >= 15 is 0 Å². The number of nitrogens with zero attached hydrogens (tertiary/aromatic N) is 4. The molecule has 0 atom stereocenters. The van der Waals surface area contributed by atoms with Crippen molar-refractivity contribution < 1.29 is 9.21 Å². The lowest BCUT2D eigenvalue weighted by atomic mass is 10.1. The first kappa shape index (κ1) is 16.1. The molecule has 3 rings (SSSR count). The van der Waals surface area contributed by atoms with Crippen molar-refractivity contribution in [2.24, 2.45) is 0 Å². The summed E-state index contributed by atoms with van der Waals surface area (Å²) in [7, 11) is 3.47. The van der Waals surface area contributed by atoms with E-state index in [1.807, 2.05) is 24.3 Å². The molecule has 0 radical (unpaired) electrons. The second-order valence-corrected chi connectivity index (χ2v) is 6.28. The molecule has 3 aromatic rings. The molecular formula is C16H17N5O2S. The fourth-order valence-electron chi connectivity index (χ4n) is 2.10. The summed E-state index contributed by atoms with van der Waals surface area (Å²) in [6.07, 6.45) is 1.56. The molecule has 0 spiro atoms. The Morgan fingerprint density at radius 3 is 2.62 bits per heavy atom. The molecule has 24 heavy (non-hydrogen) atoms. The maximum atomic E-state index is 11.9. The van der Waals surface area contributed by atoms with E-state index in [0.29, 0.717) is 28.1 Å². The van der Waals surface area contributed by atoms with Gasteiger partial charge in [0.25, 0.3) is 5.91 Å². The maximum Gasteiger partial charge on any atom is 0.253 e. The van der Waals surface area contributed by atoms with Gasteiger partial charge in [0, 0.05) is 25.4 Å². The Morgan fingerprint density at radius 2 is 2.00 bits per heavy atom. The second-order valence-electron chi connectivity index (χ2n) is 5.34. The number of carbonyl (C=O) groups excluding carboxylic acids is 1. The van der Waals surface area contributed by atoms with Crippen LogP contribution in [0.4, 0.5) is 0 Å². The van der Waals surface area contributed by atoms with Gasteiger partial charge in [0.1, 0.15) is 0 Å². The number of hydrogen-bond acceptors (Lipinski definition) is 6. The molecule has 0 aliphatic rings.